The molecule has 4 heterocycles. The number of halogens is 6. The molecule has 2 aliphatic heterocycles. The number of alkyl halides is 6. The Morgan fingerprint density at radius 2 is 1.07 bits per heavy atom. The molecule has 0 radical (unpaired) electrons. The predicted octanol–water partition coefficient (Wildman–Crippen LogP) is 4.92. The van der Waals surface area contributed by atoms with Gasteiger partial charge in [0.05, 0.1) is 11.1 Å². The predicted molar refractivity (Wildman–Crippen MR) is 143 cm³/mol. The highest BCUT2D eigenvalue weighted by Crippen LogP contribution is 2.39. The topological polar surface area (TPSA) is 93.7 Å². The van der Waals surface area contributed by atoms with Crippen LogP contribution in [-0.4, -0.2) is 76.6 Å². The molecule has 2 unspecified atom stereocenters. The fourth-order valence-corrected chi connectivity index (χ4v) is 6.60. The van der Waals surface area contributed by atoms with Crippen molar-refractivity contribution in [1.29, 1.82) is 0 Å². The van der Waals surface area contributed by atoms with Gasteiger partial charge in [-0.15, -0.1) is 20.4 Å². The van der Waals surface area contributed by atoms with Crippen LogP contribution in [0, 0.1) is 11.8 Å². The Labute approximate surface area is 248 Å². The van der Waals surface area contributed by atoms with E-state index in [0.29, 0.717) is 24.2 Å². The molecule has 2 aliphatic rings. The Balaban J connectivity index is 1.25. The van der Waals surface area contributed by atoms with Crippen molar-refractivity contribution in [3.63, 3.8) is 0 Å². The van der Waals surface area contributed by atoms with Crippen LogP contribution < -0.4 is 0 Å². The van der Waals surface area contributed by atoms with Gasteiger partial charge in [-0.25, -0.2) is 10.0 Å². The molecule has 2 aromatic heterocycles. The maximum atomic E-state index is 13.6. The Morgan fingerprint density at radius 1 is 0.636 bits per heavy atom. The second-order valence-electron chi connectivity index (χ2n) is 11.3. The Morgan fingerprint density at radius 3 is 1.43 bits per heavy atom. The number of hydrogen-bond donors (Lipinski definition) is 0. The van der Waals surface area contributed by atoms with E-state index in [-0.39, 0.29) is 11.8 Å². The average Bonchev–Trinajstić information content (AvgIpc) is 3.73. The number of aromatic nitrogens is 8. The monoisotopic (exact) mass is 620 g/mol. The van der Waals surface area contributed by atoms with Crippen molar-refractivity contribution in [2.24, 2.45) is 11.8 Å². The summed E-state index contributed by atoms with van der Waals surface area (Å²) in [7, 11) is 0. The lowest BCUT2D eigenvalue weighted by molar-refractivity contribution is -0.138. The second-order valence-corrected chi connectivity index (χ2v) is 11.3. The smallest absolute Gasteiger partial charge is 0.241 e. The third kappa shape index (κ3) is 6.45. The van der Waals surface area contributed by atoms with Crippen molar-refractivity contribution in [3.8, 4) is 0 Å². The Bertz CT molecular complexity index is 1390. The zero-order chi connectivity index (χ0) is 30.9. The minimum atomic E-state index is -4.49. The largest absolute Gasteiger partial charge is 0.416 e. The number of tetrazole rings is 2. The maximum absolute atomic E-state index is 13.6. The van der Waals surface area contributed by atoms with E-state index in [1.54, 1.807) is 12.1 Å². The van der Waals surface area contributed by atoms with Gasteiger partial charge in [-0.2, -0.15) is 35.9 Å². The highest BCUT2D eigenvalue weighted by atomic mass is 19.4. The third-order valence-electron chi connectivity index (χ3n) is 8.50. The van der Waals surface area contributed by atoms with E-state index in [4.69, 9.17) is 0 Å². The van der Waals surface area contributed by atoms with Gasteiger partial charge in [0.25, 0.3) is 0 Å². The molecule has 234 valence electrons. The number of nitrogens with zero attached hydrogens (tertiary/aromatic N) is 10. The Kier molecular flexibility index (Phi) is 8.37. The summed E-state index contributed by atoms with van der Waals surface area (Å²) in [6.07, 6.45) is -3.39. The summed E-state index contributed by atoms with van der Waals surface area (Å²) in [5.74, 6) is -0.254. The van der Waals surface area contributed by atoms with Gasteiger partial charge in [0.2, 0.25) is 0 Å². The SMILES string of the molecule is FC(F)(F)c1cccc(C([C@H]2CCCN(N3CCC[C@H](C(c4cccc(C(F)(F)F)c4)n4ncnn4)C3)C2)n2ncnn2)c1. The number of hydrazine groups is 1. The first-order valence-corrected chi connectivity index (χ1v) is 14.4. The number of hydrogen-bond acceptors (Lipinski definition) is 8. The molecular formula is C28H30F6N10. The molecule has 0 bridgehead atoms. The summed E-state index contributed by atoms with van der Waals surface area (Å²) in [5.41, 5.74) is -0.589. The minimum absolute atomic E-state index is 0.127. The number of benzene rings is 2. The van der Waals surface area contributed by atoms with Crippen LogP contribution >= 0.6 is 0 Å². The van der Waals surface area contributed by atoms with Gasteiger partial charge >= 0.3 is 12.4 Å². The van der Waals surface area contributed by atoms with Crippen molar-refractivity contribution in [2.75, 3.05) is 26.2 Å². The van der Waals surface area contributed by atoms with Gasteiger partial charge in [0.1, 0.15) is 12.1 Å². The summed E-state index contributed by atoms with van der Waals surface area (Å²) < 4.78 is 81.6. The van der Waals surface area contributed by atoms with Gasteiger partial charge in [-0.1, -0.05) is 24.3 Å². The lowest BCUT2D eigenvalue weighted by Gasteiger charge is -2.46. The van der Waals surface area contributed by atoms with Crippen molar-refractivity contribution < 1.29 is 26.3 Å². The zero-order valence-electron chi connectivity index (χ0n) is 23.5. The Hall–Kier alpha value is -3.92. The van der Waals surface area contributed by atoms with E-state index in [1.807, 2.05) is 0 Å². The molecule has 4 aromatic rings. The first-order chi connectivity index (χ1) is 21.1. The molecule has 2 fully saturated rings. The average molecular weight is 621 g/mol. The molecular weight excluding hydrogens is 590 g/mol. The van der Waals surface area contributed by atoms with Crippen molar-refractivity contribution in [2.45, 2.75) is 50.1 Å². The molecule has 44 heavy (non-hydrogen) atoms. The number of piperidine rings is 2. The van der Waals surface area contributed by atoms with E-state index in [1.165, 1.54) is 34.4 Å². The van der Waals surface area contributed by atoms with Gasteiger partial charge in [0, 0.05) is 38.0 Å². The van der Waals surface area contributed by atoms with Crippen LogP contribution in [0.2, 0.25) is 0 Å². The first kappa shape index (κ1) is 30.1. The van der Waals surface area contributed by atoms with Crippen LogP contribution in [0.5, 0.6) is 0 Å². The fourth-order valence-electron chi connectivity index (χ4n) is 6.60. The van der Waals surface area contributed by atoms with Crippen LogP contribution in [0.4, 0.5) is 26.3 Å². The van der Waals surface area contributed by atoms with Crippen LogP contribution in [0.3, 0.4) is 0 Å². The standard InChI is InChI=1S/C28H30F6N10/c29-27(30,31)23-9-1-5-19(13-23)25(43-37-17-35-39-43)21-7-3-11-41(15-21)42-12-4-8-22(16-42)26(44-38-18-36-40-44)20-6-2-10-24(14-20)28(32,33)34/h1-2,5-6,9-10,13-14,17-18,21-22,25-26H,3-4,7-8,11-12,15-16H2/t21-,22-,25?,26?/m0/s1. The highest BCUT2D eigenvalue weighted by molar-refractivity contribution is 5.30. The summed E-state index contributed by atoms with van der Waals surface area (Å²) >= 11 is 0. The summed E-state index contributed by atoms with van der Waals surface area (Å²) in [5, 5.41) is 28.5. The van der Waals surface area contributed by atoms with E-state index in [0.717, 1.165) is 63.0 Å². The molecule has 0 amide bonds. The van der Waals surface area contributed by atoms with Crippen molar-refractivity contribution in [1.82, 2.24) is 50.4 Å². The molecule has 4 atom stereocenters. The van der Waals surface area contributed by atoms with Crippen molar-refractivity contribution in [3.05, 3.63) is 83.4 Å². The summed E-state index contributed by atoms with van der Waals surface area (Å²) in [6, 6.07) is 9.34. The number of rotatable bonds is 7. The van der Waals surface area contributed by atoms with Crippen LogP contribution in [0.25, 0.3) is 0 Å². The fraction of sp³-hybridized carbons (Fsp3) is 0.500. The quantitative estimate of drug-likeness (QED) is 0.269. The van der Waals surface area contributed by atoms with Crippen LogP contribution in [0.15, 0.2) is 61.2 Å². The van der Waals surface area contributed by atoms with Crippen LogP contribution in [0.1, 0.15) is 60.0 Å². The molecule has 2 aromatic carbocycles. The van der Waals surface area contributed by atoms with Gasteiger partial charge in [-0.05, 0) is 71.5 Å². The summed E-state index contributed by atoms with van der Waals surface area (Å²) in [4.78, 5) is 2.76. The lowest BCUT2D eigenvalue weighted by Crippen LogP contribution is -2.53. The molecule has 2 saturated heterocycles. The normalized spacial score (nSPS) is 22.1. The van der Waals surface area contributed by atoms with E-state index in [9.17, 15) is 26.3 Å². The highest BCUT2D eigenvalue weighted by Gasteiger charge is 2.39. The molecule has 16 heteroatoms. The van der Waals surface area contributed by atoms with Crippen molar-refractivity contribution >= 4 is 0 Å². The minimum Gasteiger partial charge on any atom is -0.241 e. The van der Waals surface area contributed by atoms with Gasteiger partial charge in [-0.3, -0.25) is 0 Å². The van der Waals surface area contributed by atoms with E-state index >= 15 is 0 Å². The molecule has 0 spiro atoms. The lowest BCUT2D eigenvalue weighted by atomic mass is 9.85. The second kappa shape index (κ2) is 12.2. The molecule has 0 aliphatic carbocycles. The molecule has 10 nitrogen and oxygen atoms in total. The van der Waals surface area contributed by atoms with E-state index in [2.05, 4.69) is 40.8 Å². The molecule has 6 rings (SSSR count). The summed E-state index contributed by atoms with van der Waals surface area (Å²) in [6.45, 7) is 2.54. The maximum Gasteiger partial charge on any atom is 0.416 e. The van der Waals surface area contributed by atoms with Crippen LogP contribution in [-0.2, 0) is 12.4 Å². The van der Waals surface area contributed by atoms with E-state index < -0.39 is 35.6 Å². The first-order valence-electron chi connectivity index (χ1n) is 14.4. The van der Waals surface area contributed by atoms with Gasteiger partial charge in [0.15, 0.2) is 12.7 Å². The third-order valence-corrected chi connectivity index (χ3v) is 8.50. The zero-order valence-corrected chi connectivity index (χ0v) is 23.5. The van der Waals surface area contributed by atoms with Gasteiger partial charge < -0.3 is 0 Å². The molecule has 0 N–H and O–H groups in total. The molecule has 0 saturated carbocycles.